The third-order valence-electron chi connectivity index (χ3n) is 3.87. The molecule has 1 atom stereocenters. The second-order valence-electron chi connectivity index (χ2n) is 5.77. The first-order chi connectivity index (χ1) is 9.12. The zero-order valence-electron chi connectivity index (χ0n) is 12.7. The summed E-state index contributed by atoms with van der Waals surface area (Å²) in [7, 11) is 1.43. The van der Waals surface area contributed by atoms with Crippen molar-refractivity contribution in [3.05, 3.63) is 0 Å². The Hall–Kier alpha value is -0.610. The van der Waals surface area contributed by atoms with Crippen molar-refractivity contribution in [2.24, 2.45) is 5.92 Å². The zero-order chi connectivity index (χ0) is 14.1. The number of hydrogen-bond acceptors (Lipinski definition) is 4. The molecule has 0 radical (unpaired) electrons. The van der Waals surface area contributed by atoms with Crippen molar-refractivity contribution in [3.63, 3.8) is 0 Å². The number of hydrogen-bond donors (Lipinski definition) is 1. The van der Waals surface area contributed by atoms with E-state index in [9.17, 15) is 4.79 Å². The van der Waals surface area contributed by atoms with Crippen LogP contribution < -0.4 is 5.32 Å². The van der Waals surface area contributed by atoms with Crippen molar-refractivity contribution in [1.29, 1.82) is 0 Å². The Balaban J connectivity index is 2.36. The summed E-state index contributed by atoms with van der Waals surface area (Å²) in [5, 5.41) is 3.23. The van der Waals surface area contributed by atoms with Gasteiger partial charge in [0.1, 0.15) is 5.54 Å². The predicted molar refractivity (Wildman–Crippen MR) is 76.1 cm³/mol. The van der Waals surface area contributed by atoms with Gasteiger partial charge in [-0.25, -0.2) is 4.79 Å². The van der Waals surface area contributed by atoms with Crippen LogP contribution in [0, 0.1) is 5.92 Å². The summed E-state index contributed by atoms with van der Waals surface area (Å²) in [4.78, 5) is 11.9. The Labute approximate surface area is 117 Å². The summed E-state index contributed by atoms with van der Waals surface area (Å²) >= 11 is 0. The highest BCUT2D eigenvalue weighted by Gasteiger charge is 2.34. The summed E-state index contributed by atoms with van der Waals surface area (Å²) in [6.45, 7) is 5.87. The van der Waals surface area contributed by atoms with Gasteiger partial charge in [-0.3, -0.25) is 0 Å². The largest absolute Gasteiger partial charge is 0.468 e. The molecule has 4 heteroatoms. The number of esters is 1. The fraction of sp³-hybridized carbons (Fsp3) is 0.933. The topological polar surface area (TPSA) is 47.6 Å². The first-order valence-electron chi connectivity index (χ1n) is 7.53. The first kappa shape index (κ1) is 16.4. The Morgan fingerprint density at radius 2 is 2.00 bits per heavy atom. The fourth-order valence-corrected chi connectivity index (χ4v) is 2.59. The number of carbonyl (C=O) groups is 1. The van der Waals surface area contributed by atoms with E-state index in [1.165, 1.54) is 39.2 Å². The van der Waals surface area contributed by atoms with E-state index < -0.39 is 5.54 Å². The second-order valence-corrected chi connectivity index (χ2v) is 5.77. The number of nitrogens with one attached hydrogen (secondary N) is 1. The van der Waals surface area contributed by atoms with Crippen molar-refractivity contribution in [2.45, 2.75) is 57.9 Å². The van der Waals surface area contributed by atoms with Gasteiger partial charge in [0.25, 0.3) is 0 Å². The highest BCUT2D eigenvalue weighted by molar-refractivity contribution is 5.80. The molecule has 0 aromatic rings. The predicted octanol–water partition coefficient (Wildman–Crippen LogP) is 2.51. The van der Waals surface area contributed by atoms with Crippen molar-refractivity contribution >= 4 is 5.97 Å². The summed E-state index contributed by atoms with van der Waals surface area (Å²) < 4.78 is 10.7. The van der Waals surface area contributed by atoms with Crippen molar-refractivity contribution in [2.75, 3.05) is 26.9 Å². The third kappa shape index (κ3) is 5.49. The normalized spacial score (nSPS) is 19.9. The molecular formula is C15H29NO3. The van der Waals surface area contributed by atoms with Crippen LogP contribution in [0.2, 0.25) is 0 Å². The standard InChI is InChI=1S/C15H29NO3/c1-4-10-16-15(2,14(17)18-3)12-19-11-13-8-6-5-7-9-13/h13,16H,4-12H2,1-3H3. The van der Waals surface area contributed by atoms with Crippen LogP contribution in [0.25, 0.3) is 0 Å². The average molecular weight is 271 g/mol. The number of carbonyl (C=O) groups excluding carboxylic acids is 1. The van der Waals surface area contributed by atoms with Gasteiger partial charge in [-0.2, -0.15) is 0 Å². The van der Waals surface area contributed by atoms with Crippen LogP contribution in [-0.4, -0.2) is 38.4 Å². The van der Waals surface area contributed by atoms with E-state index in [4.69, 9.17) is 9.47 Å². The molecule has 1 saturated carbocycles. The minimum Gasteiger partial charge on any atom is -0.468 e. The van der Waals surface area contributed by atoms with Crippen LogP contribution in [-0.2, 0) is 14.3 Å². The SMILES string of the molecule is CCCNC(C)(COCC1CCCCC1)C(=O)OC. The van der Waals surface area contributed by atoms with Crippen LogP contribution in [0.4, 0.5) is 0 Å². The van der Waals surface area contributed by atoms with Gasteiger partial charge >= 0.3 is 5.97 Å². The van der Waals surface area contributed by atoms with E-state index in [-0.39, 0.29) is 5.97 Å². The lowest BCUT2D eigenvalue weighted by Crippen LogP contribution is -2.54. The number of methoxy groups -OCH3 is 1. The molecule has 19 heavy (non-hydrogen) atoms. The maximum absolute atomic E-state index is 11.9. The molecule has 0 aromatic carbocycles. The minimum atomic E-state index is -0.723. The second kappa shape index (κ2) is 8.54. The van der Waals surface area contributed by atoms with Gasteiger partial charge in [0, 0.05) is 6.61 Å². The Morgan fingerprint density at radius 3 is 2.58 bits per heavy atom. The molecule has 0 aromatic heterocycles. The summed E-state index contributed by atoms with van der Waals surface area (Å²) in [6, 6.07) is 0. The van der Waals surface area contributed by atoms with Crippen molar-refractivity contribution in [1.82, 2.24) is 5.32 Å². The Morgan fingerprint density at radius 1 is 1.32 bits per heavy atom. The van der Waals surface area contributed by atoms with Crippen LogP contribution in [0.3, 0.4) is 0 Å². The molecule has 0 heterocycles. The van der Waals surface area contributed by atoms with Gasteiger partial charge in [0.2, 0.25) is 0 Å². The molecule has 1 aliphatic rings. The van der Waals surface area contributed by atoms with Crippen LogP contribution in [0.15, 0.2) is 0 Å². The van der Waals surface area contributed by atoms with Gasteiger partial charge in [-0.05, 0) is 38.6 Å². The lowest BCUT2D eigenvalue weighted by Gasteiger charge is -2.29. The smallest absolute Gasteiger partial charge is 0.328 e. The summed E-state index contributed by atoms with van der Waals surface area (Å²) in [5.41, 5.74) is -0.723. The van der Waals surface area contributed by atoms with E-state index in [1.807, 2.05) is 6.92 Å². The molecule has 1 fully saturated rings. The average Bonchev–Trinajstić information content (AvgIpc) is 2.45. The molecule has 0 bridgehead atoms. The molecule has 1 unspecified atom stereocenters. The monoisotopic (exact) mass is 271 g/mol. The Bertz CT molecular complexity index is 264. The highest BCUT2D eigenvalue weighted by Crippen LogP contribution is 2.24. The molecule has 4 nitrogen and oxygen atoms in total. The molecule has 1 N–H and O–H groups in total. The van der Waals surface area contributed by atoms with Crippen molar-refractivity contribution < 1.29 is 14.3 Å². The van der Waals surface area contributed by atoms with Crippen LogP contribution in [0.1, 0.15) is 52.4 Å². The lowest BCUT2D eigenvalue weighted by molar-refractivity contribution is -0.151. The molecule has 112 valence electrons. The fourth-order valence-electron chi connectivity index (χ4n) is 2.59. The third-order valence-corrected chi connectivity index (χ3v) is 3.87. The van der Waals surface area contributed by atoms with Gasteiger partial charge in [0.15, 0.2) is 0 Å². The van der Waals surface area contributed by atoms with E-state index in [1.54, 1.807) is 0 Å². The molecule has 1 aliphatic carbocycles. The molecule has 0 spiro atoms. The minimum absolute atomic E-state index is 0.246. The Kier molecular flexibility index (Phi) is 7.39. The molecule has 0 aliphatic heterocycles. The van der Waals surface area contributed by atoms with Crippen LogP contribution >= 0.6 is 0 Å². The first-order valence-corrected chi connectivity index (χ1v) is 7.53. The maximum atomic E-state index is 11.9. The van der Waals surface area contributed by atoms with E-state index in [0.29, 0.717) is 12.5 Å². The quantitative estimate of drug-likeness (QED) is 0.689. The van der Waals surface area contributed by atoms with Crippen LogP contribution in [0.5, 0.6) is 0 Å². The van der Waals surface area contributed by atoms with Gasteiger partial charge in [-0.1, -0.05) is 26.2 Å². The lowest BCUT2D eigenvalue weighted by atomic mass is 9.90. The van der Waals surface area contributed by atoms with E-state index >= 15 is 0 Å². The molecule has 0 amide bonds. The van der Waals surface area contributed by atoms with Crippen molar-refractivity contribution in [3.8, 4) is 0 Å². The number of ether oxygens (including phenoxy) is 2. The molecule has 0 saturated heterocycles. The summed E-state index contributed by atoms with van der Waals surface area (Å²) in [5.74, 6) is 0.423. The van der Waals surface area contributed by atoms with Gasteiger partial charge in [-0.15, -0.1) is 0 Å². The maximum Gasteiger partial charge on any atom is 0.328 e. The van der Waals surface area contributed by atoms with Gasteiger partial charge in [0.05, 0.1) is 13.7 Å². The molecule has 1 rings (SSSR count). The zero-order valence-corrected chi connectivity index (χ0v) is 12.7. The van der Waals surface area contributed by atoms with E-state index in [2.05, 4.69) is 12.2 Å². The summed E-state index contributed by atoms with van der Waals surface area (Å²) in [6.07, 6.45) is 7.49. The van der Waals surface area contributed by atoms with E-state index in [0.717, 1.165) is 19.6 Å². The number of rotatable bonds is 8. The molecular weight excluding hydrogens is 242 g/mol. The highest BCUT2D eigenvalue weighted by atomic mass is 16.5. The van der Waals surface area contributed by atoms with Gasteiger partial charge < -0.3 is 14.8 Å².